The topological polar surface area (TPSA) is 129 Å². The Labute approximate surface area is 251 Å². The first-order chi connectivity index (χ1) is 20.5. The molecule has 0 radical (unpaired) electrons. The lowest BCUT2D eigenvalue weighted by molar-refractivity contribution is -0.153. The first kappa shape index (κ1) is 32.8. The van der Waals surface area contributed by atoms with Gasteiger partial charge >= 0.3 is 12.1 Å². The van der Waals surface area contributed by atoms with Crippen LogP contribution < -0.4 is 15.4 Å². The molecule has 10 heteroatoms. The van der Waals surface area contributed by atoms with E-state index in [1.807, 2.05) is 60.7 Å². The lowest BCUT2D eigenvalue weighted by Crippen LogP contribution is -2.55. The van der Waals surface area contributed by atoms with Crippen molar-refractivity contribution < 1.29 is 38.1 Å². The van der Waals surface area contributed by atoms with Crippen LogP contribution in [0.15, 0.2) is 84.9 Å². The first-order valence-electron chi connectivity index (χ1n) is 13.8. The Bertz CT molecular complexity index is 1340. The number of rotatable bonds is 14. The Morgan fingerprint density at radius 1 is 0.721 bits per heavy atom. The summed E-state index contributed by atoms with van der Waals surface area (Å²) in [4.78, 5) is 50.9. The van der Waals surface area contributed by atoms with Crippen molar-refractivity contribution in [2.24, 2.45) is 0 Å². The molecule has 0 heterocycles. The van der Waals surface area contributed by atoms with E-state index in [2.05, 4.69) is 15.4 Å². The van der Waals surface area contributed by atoms with Crippen LogP contribution in [0.5, 0.6) is 5.75 Å². The number of carbonyl (C=O) groups is 4. The normalized spacial score (nSPS) is 12.4. The van der Waals surface area contributed by atoms with Gasteiger partial charge in [0.1, 0.15) is 30.0 Å². The van der Waals surface area contributed by atoms with Crippen LogP contribution in [0.1, 0.15) is 37.5 Å². The van der Waals surface area contributed by atoms with E-state index < -0.39 is 41.4 Å². The van der Waals surface area contributed by atoms with Crippen LogP contribution in [0.4, 0.5) is 4.79 Å². The third-order valence-electron chi connectivity index (χ3n) is 6.03. The molecule has 3 aromatic rings. The molecular weight excluding hydrogens is 552 g/mol. The van der Waals surface area contributed by atoms with Gasteiger partial charge in [-0.3, -0.25) is 9.59 Å². The molecule has 2 N–H and O–H groups in total. The standard InChI is InChI=1S/C33H38N2O8/c1-33(2,3)43-32(39)35-27(19-23-15-17-26(18-16-23)42-21-25-13-9-6-10-14-25)30(37)34-28(29(36)31(38)40-4)22-41-20-24-11-7-5-8-12-24/h5-18,27-28H,19-22H2,1-4H3,(H,34,37)(H,35,39)/t27-,28-/m0/s1. The van der Waals surface area contributed by atoms with Gasteiger partial charge in [0.2, 0.25) is 5.91 Å². The fourth-order valence-electron chi connectivity index (χ4n) is 3.92. The molecule has 0 saturated heterocycles. The molecule has 43 heavy (non-hydrogen) atoms. The fraction of sp³-hybridized carbons (Fsp3) is 0.333. The molecule has 0 spiro atoms. The summed E-state index contributed by atoms with van der Waals surface area (Å²) >= 11 is 0. The van der Waals surface area contributed by atoms with E-state index in [4.69, 9.17) is 14.2 Å². The average molecular weight is 591 g/mol. The SMILES string of the molecule is COC(=O)C(=O)[C@H](COCc1ccccc1)NC(=O)[C@H](Cc1ccc(OCc2ccccc2)cc1)NC(=O)OC(C)(C)C. The molecule has 0 aliphatic heterocycles. The lowest BCUT2D eigenvalue weighted by atomic mass is 10.0. The number of hydrogen-bond acceptors (Lipinski definition) is 8. The van der Waals surface area contributed by atoms with Gasteiger partial charge in [0.25, 0.3) is 5.78 Å². The molecule has 228 valence electrons. The monoisotopic (exact) mass is 590 g/mol. The van der Waals surface area contributed by atoms with Crippen LogP contribution in [0.25, 0.3) is 0 Å². The molecule has 0 bridgehead atoms. The minimum atomic E-state index is -1.35. The van der Waals surface area contributed by atoms with Crippen LogP contribution in [0.3, 0.4) is 0 Å². The second-order valence-electron chi connectivity index (χ2n) is 10.7. The summed E-state index contributed by atoms with van der Waals surface area (Å²) in [5, 5.41) is 5.13. The lowest BCUT2D eigenvalue weighted by Gasteiger charge is -2.25. The van der Waals surface area contributed by atoms with Gasteiger partial charge in [-0.15, -0.1) is 0 Å². The maximum Gasteiger partial charge on any atom is 0.408 e. The molecule has 0 aliphatic rings. The van der Waals surface area contributed by atoms with Crippen LogP contribution in [-0.2, 0) is 48.2 Å². The van der Waals surface area contributed by atoms with Gasteiger partial charge < -0.3 is 29.6 Å². The molecule has 0 saturated carbocycles. The maximum absolute atomic E-state index is 13.5. The van der Waals surface area contributed by atoms with Gasteiger partial charge in [-0.1, -0.05) is 72.8 Å². The van der Waals surface area contributed by atoms with Crippen molar-refractivity contribution in [3.8, 4) is 5.75 Å². The summed E-state index contributed by atoms with van der Waals surface area (Å²) < 4.78 is 21.4. The van der Waals surface area contributed by atoms with Gasteiger partial charge in [-0.05, 0) is 49.6 Å². The van der Waals surface area contributed by atoms with Crippen molar-refractivity contribution in [3.63, 3.8) is 0 Å². The Kier molecular flexibility index (Phi) is 12.3. The highest BCUT2D eigenvalue weighted by Gasteiger charge is 2.32. The number of benzene rings is 3. The molecule has 0 unspecified atom stereocenters. The number of nitrogens with one attached hydrogen (secondary N) is 2. The van der Waals surface area contributed by atoms with Gasteiger partial charge in [0.05, 0.1) is 20.3 Å². The highest BCUT2D eigenvalue weighted by molar-refractivity contribution is 6.36. The highest BCUT2D eigenvalue weighted by atomic mass is 16.6. The number of alkyl carbamates (subject to hydrolysis) is 1. The number of ketones is 1. The van der Waals surface area contributed by atoms with Crippen LogP contribution in [0.2, 0.25) is 0 Å². The van der Waals surface area contributed by atoms with E-state index in [9.17, 15) is 19.2 Å². The van der Waals surface area contributed by atoms with Crippen molar-refractivity contribution in [3.05, 3.63) is 102 Å². The Hall–Kier alpha value is -4.70. The van der Waals surface area contributed by atoms with Gasteiger partial charge in [0.15, 0.2) is 0 Å². The highest BCUT2D eigenvalue weighted by Crippen LogP contribution is 2.16. The predicted octanol–water partition coefficient (Wildman–Crippen LogP) is 4.15. The summed E-state index contributed by atoms with van der Waals surface area (Å²) in [6.45, 7) is 5.36. The largest absolute Gasteiger partial charge is 0.489 e. The Morgan fingerprint density at radius 2 is 1.30 bits per heavy atom. The second-order valence-corrected chi connectivity index (χ2v) is 10.7. The van der Waals surface area contributed by atoms with Crippen LogP contribution in [-0.4, -0.2) is 55.2 Å². The number of carbonyl (C=O) groups excluding carboxylic acids is 4. The maximum atomic E-state index is 13.5. The molecule has 0 fully saturated rings. The number of ether oxygens (including phenoxy) is 4. The molecule has 10 nitrogen and oxygen atoms in total. The molecule has 0 aromatic heterocycles. The number of methoxy groups -OCH3 is 1. The summed E-state index contributed by atoms with van der Waals surface area (Å²) in [7, 11) is 1.07. The van der Waals surface area contributed by atoms with E-state index in [1.165, 1.54) is 0 Å². The predicted molar refractivity (Wildman–Crippen MR) is 159 cm³/mol. The Balaban J connectivity index is 1.72. The molecular formula is C33H38N2O8. The number of amides is 2. The number of hydrogen-bond donors (Lipinski definition) is 2. The first-order valence-corrected chi connectivity index (χ1v) is 13.8. The molecule has 0 aliphatic carbocycles. The quantitative estimate of drug-likeness (QED) is 0.212. The van der Waals surface area contributed by atoms with E-state index in [0.717, 1.165) is 18.2 Å². The van der Waals surface area contributed by atoms with Gasteiger partial charge in [-0.25, -0.2) is 9.59 Å². The van der Waals surface area contributed by atoms with Crippen LogP contribution in [0, 0.1) is 0 Å². The van der Waals surface area contributed by atoms with E-state index in [0.29, 0.717) is 17.9 Å². The number of esters is 1. The van der Waals surface area contributed by atoms with Crippen molar-refractivity contribution in [2.45, 2.75) is 58.1 Å². The fourth-order valence-corrected chi connectivity index (χ4v) is 3.92. The zero-order valence-corrected chi connectivity index (χ0v) is 24.8. The minimum Gasteiger partial charge on any atom is -0.489 e. The van der Waals surface area contributed by atoms with E-state index in [1.54, 1.807) is 45.0 Å². The summed E-state index contributed by atoms with van der Waals surface area (Å²) in [6, 6.07) is 23.5. The smallest absolute Gasteiger partial charge is 0.408 e. The third-order valence-corrected chi connectivity index (χ3v) is 6.03. The zero-order chi connectivity index (χ0) is 31.2. The summed E-state index contributed by atoms with van der Waals surface area (Å²) in [5.41, 5.74) is 1.77. The molecule has 3 rings (SSSR count). The average Bonchev–Trinajstić information content (AvgIpc) is 2.99. The van der Waals surface area contributed by atoms with Gasteiger partial charge in [0, 0.05) is 6.42 Å². The van der Waals surface area contributed by atoms with Crippen molar-refractivity contribution in [2.75, 3.05) is 13.7 Å². The van der Waals surface area contributed by atoms with E-state index >= 15 is 0 Å². The van der Waals surface area contributed by atoms with Crippen LogP contribution >= 0.6 is 0 Å². The summed E-state index contributed by atoms with van der Waals surface area (Å²) in [6.07, 6.45) is -0.750. The van der Waals surface area contributed by atoms with E-state index in [-0.39, 0.29) is 19.6 Å². The molecule has 2 atom stereocenters. The summed E-state index contributed by atoms with van der Waals surface area (Å²) in [5.74, 6) is -2.19. The van der Waals surface area contributed by atoms with Gasteiger partial charge in [-0.2, -0.15) is 0 Å². The molecule has 3 aromatic carbocycles. The third kappa shape index (κ3) is 11.6. The molecule has 2 amide bonds. The van der Waals surface area contributed by atoms with Crippen molar-refractivity contribution in [1.82, 2.24) is 10.6 Å². The number of Topliss-reactive ketones (excluding diaryl/α,β-unsaturated/α-hetero) is 1. The zero-order valence-electron chi connectivity index (χ0n) is 24.8. The second kappa shape index (κ2) is 16.1. The minimum absolute atomic E-state index is 0.0635. The van der Waals surface area contributed by atoms with Crippen molar-refractivity contribution >= 4 is 23.8 Å². The Morgan fingerprint density at radius 3 is 1.86 bits per heavy atom. The van der Waals surface area contributed by atoms with Crippen molar-refractivity contribution in [1.29, 1.82) is 0 Å².